The average molecular weight is 1230 g/mol. The van der Waals surface area contributed by atoms with Crippen LogP contribution < -0.4 is 5.73 Å². The van der Waals surface area contributed by atoms with E-state index in [9.17, 15) is 19.0 Å². The van der Waals surface area contributed by atoms with Gasteiger partial charge in [0.25, 0.3) is 0 Å². The Kier molecular flexibility index (Phi) is 67.6. The molecule has 0 heterocycles. The minimum atomic E-state index is -4.41. The average Bonchev–Trinajstić information content (AvgIpc) is 3.64. The lowest BCUT2D eigenvalue weighted by molar-refractivity contribution is -0.161. The van der Waals surface area contributed by atoms with Crippen LogP contribution in [-0.4, -0.2) is 49.3 Å². The van der Waals surface area contributed by atoms with Crippen LogP contribution in [0, 0.1) is 0 Å². The molecule has 0 spiro atoms. The van der Waals surface area contributed by atoms with Crippen LogP contribution in [0.1, 0.15) is 296 Å². The van der Waals surface area contributed by atoms with Crippen molar-refractivity contribution in [2.45, 2.75) is 302 Å². The van der Waals surface area contributed by atoms with Gasteiger partial charge in [-0.2, -0.15) is 0 Å². The first-order valence-corrected chi connectivity index (χ1v) is 36.8. The topological polar surface area (TPSA) is 134 Å². The van der Waals surface area contributed by atoms with Crippen molar-refractivity contribution in [1.82, 2.24) is 0 Å². The number of unbranched alkanes of at least 4 members (excludes halogenated alkanes) is 28. The molecule has 496 valence electrons. The number of rotatable bonds is 65. The lowest BCUT2D eigenvalue weighted by Gasteiger charge is -2.19. The van der Waals surface area contributed by atoms with Crippen molar-refractivity contribution in [2.24, 2.45) is 5.73 Å². The van der Waals surface area contributed by atoms with E-state index < -0.39 is 26.5 Å². The van der Waals surface area contributed by atoms with Crippen molar-refractivity contribution in [3.8, 4) is 0 Å². The molecule has 0 aromatic rings. The summed E-state index contributed by atoms with van der Waals surface area (Å²) in [5, 5.41) is 0. The quantitative estimate of drug-likeness (QED) is 0.0264. The van der Waals surface area contributed by atoms with E-state index in [0.29, 0.717) is 6.42 Å². The van der Waals surface area contributed by atoms with Gasteiger partial charge < -0.3 is 20.1 Å². The maximum Gasteiger partial charge on any atom is 0.472 e. The lowest BCUT2D eigenvalue weighted by Crippen LogP contribution is -2.29. The number of ether oxygens (including phenoxy) is 2. The highest BCUT2D eigenvalue weighted by atomic mass is 31.2. The number of hydrogen-bond donors (Lipinski definition) is 2. The van der Waals surface area contributed by atoms with E-state index in [1.165, 1.54) is 141 Å². The number of carbonyl (C=O) groups is 2. The summed E-state index contributed by atoms with van der Waals surface area (Å²) in [5.41, 5.74) is 5.40. The first-order valence-electron chi connectivity index (χ1n) is 35.3. The monoisotopic (exact) mass is 1230 g/mol. The Morgan fingerprint density at radius 3 is 0.943 bits per heavy atom. The summed E-state index contributed by atoms with van der Waals surface area (Å²) in [6, 6.07) is 0. The fourth-order valence-electron chi connectivity index (χ4n) is 9.52. The van der Waals surface area contributed by atoms with Gasteiger partial charge in [-0.3, -0.25) is 18.6 Å². The van der Waals surface area contributed by atoms with Gasteiger partial charge in [-0.05, 0) is 122 Å². The Hall–Kier alpha value is -4.11. The summed E-state index contributed by atoms with van der Waals surface area (Å²) in [6.07, 6.45) is 102. The molecule has 9 nitrogen and oxygen atoms in total. The first-order chi connectivity index (χ1) is 42.8. The van der Waals surface area contributed by atoms with Gasteiger partial charge in [-0.1, -0.05) is 307 Å². The number of carbonyl (C=O) groups excluding carboxylic acids is 2. The summed E-state index contributed by atoms with van der Waals surface area (Å²) >= 11 is 0. The molecule has 2 atom stereocenters. The van der Waals surface area contributed by atoms with Gasteiger partial charge in [-0.15, -0.1) is 0 Å². The van der Waals surface area contributed by atoms with Gasteiger partial charge in [0.2, 0.25) is 0 Å². The molecule has 2 unspecified atom stereocenters. The number of esters is 2. The summed E-state index contributed by atoms with van der Waals surface area (Å²) in [4.78, 5) is 35.4. The number of allylic oxidation sites excluding steroid dienone is 24. The van der Waals surface area contributed by atoms with Crippen molar-refractivity contribution < 1.29 is 37.6 Å². The van der Waals surface area contributed by atoms with Gasteiger partial charge in [0.15, 0.2) is 6.10 Å². The van der Waals surface area contributed by atoms with Gasteiger partial charge >= 0.3 is 19.8 Å². The van der Waals surface area contributed by atoms with Crippen LogP contribution in [-0.2, 0) is 32.7 Å². The molecule has 0 fully saturated rings. The Morgan fingerprint density at radius 2 is 0.632 bits per heavy atom. The van der Waals surface area contributed by atoms with E-state index in [2.05, 4.69) is 160 Å². The highest BCUT2D eigenvalue weighted by molar-refractivity contribution is 7.47. The maximum atomic E-state index is 12.8. The zero-order chi connectivity index (χ0) is 63.0. The lowest BCUT2D eigenvalue weighted by atomic mass is 10.0. The smallest absolute Gasteiger partial charge is 0.462 e. The van der Waals surface area contributed by atoms with Crippen LogP contribution in [0.25, 0.3) is 0 Å². The minimum Gasteiger partial charge on any atom is -0.462 e. The Labute approximate surface area is 535 Å². The summed E-state index contributed by atoms with van der Waals surface area (Å²) < 4.78 is 33.2. The second-order valence-electron chi connectivity index (χ2n) is 23.0. The molecule has 3 N–H and O–H groups in total. The third-order valence-corrected chi connectivity index (χ3v) is 15.7. The van der Waals surface area contributed by atoms with Gasteiger partial charge in [0.05, 0.1) is 13.2 Å². The number of hydrogen-bond acceptors (Lipinski definition) is 8. The third kappa shape index (κ3) is 70.8. The molecular formula is C77H130NO8P. The zero-order valence-electron chi connectivity index (χ0n) is 55.7. The normalized spacial score (nSPS) is 13.8. The molecule has 0 rings (SSSR count). The fourth-order valence-corrected chi connectivity index (χ4v) is 10.3. The molecule has 0 aromatic carbocycles. The molecule has 0 bridgehead atoms. The van der Waals surface area contributed by atoms with E-state index in [4.69, 9.17) is 24.3 Å². The first kappa shape index (κ1) is 82.9. The zero-order valence-corrected chi connectivity index (χ0v) is 56.6. The molecule has 0 saturated heterocycles. The van der Waals surface area contributed by atoms with E-state index >= 15 is 0 Å². The molecule has 0 radical (unpaired) electrons. The van der Waals surface area contributed by atoms with Gasteiger partial charge in [0, 0.05) is 19.4 Å². The van der Waals surface area contributed by atoms with E-state index in [1.807, 2.05) is 0 Å². The van der Waals surface area contributed by atoms with Crippen molar-refractivity contribution in [1.29, 1.82) is 0 Å². The van der Waals surface area contributed by atoms with Crippen molar-refractivity contribution >= 4 is 19.8 Å². The summed E-state index contributed by atoms with van der Waals surface area (Å²) in [6.45, 7) is 3.60. The number of phosphoric acid groups is 1. The van der Waals surface area contributed by atoms with Crippen LogP contribution >= 0.6 is 7.82 Å². The number of nitrogens with two attached hydrogens (primary N) is 1. The predicted octanol–water partition coefficient (Wildman–Crippen LogP) is 23.4. The van der Waals surface area contributed by atoms with Crippen LogP contribution in [0.3, 0.4) is 0 Å². The minimum absolute atomic E-state index is 0.0434. The fraction of sp³-hybridized carbons (Fsp3) is 0.662. The molecule has 0 aromatic heterocycles. The molecule has 0 aliphatic rings. The molecular weight excluding hydrogens is 1100 g/mol. The van der Waals surface area contributed by atoms with Gasteiger partial charge in [-0.25, -0.2) is 4.57 Å². The van der Waals surface area contributed by atoms with Crippen LogP contribution in [0.15, 0.2) is 146 Å². The SMILES string of the molecule is CC/C=C\C/C=C\C/C=C\C/C=C\C/C=C\C/C=C\C/C=C\C/C=C\C/C=C\CCCCCCCC(=O)OC(COC(=O)CCCCCCCCCCCCCCCCCCCC/C=C\C/C=C\C/C=C\CCCCCCC)COP(=O)(O)OCCN. The molecule has 0 saturated carbocycles. The Morgan fingerprint density at radius 1 is 0.356 bits per heavy atom. The van der Waals surface area contributed by atoms with E-state index in [1.54, 1.807) is 0 Å². The number of phosphoric ester groups is 1. The van der Waals surface area contributed by atoms with E-state index in [-0.39, 0.29) is 38.6 Å². The molecule has 0 aliphatic heterocycles. The Balaban J connectivity index is 3.96. The highest BCUT2D eigenvalue weighted by Gasteiger charge is 2.26. The molecule has 0 aliphatic carbocycles. The molecule has 10 heteroatoms. The molecule has 87 heavy (non-hydrogen) atoms. The maximum absolute atomic E-state index is 12.8. The van der Waals surface area contributed by atoms with Crippen LogP contribution in [0.2, 0.25) is 0 Å². The Bertz CT molecular complexity index is 1940. The van der Waals surface area contributed by atoms with Crippen LogP contribution in [0.5, 0.6) is 0 Å². The highest BCUT2D eigenvalue weighted by Crippen LogP contribution is 2.43. The van der Waals surface area contributed by atoms with Crippen molar-refractivity contribution in [3.63, 3.8) is 0 Å². The third-order valence-electron chi connectivity index (χ3n) is 14.7. The van der Waals surface area contributed by atoms with Crippen LogP contribution in [0.4, 0.5) is 0 Å². The summed E-state index contributed by atoms with van der Waals surface area (Å²) in [7, 11) is -4.41. The largest absolute Gasteiger partial charge is 0.472 e. The second-order valence-corrected chi connectivity index (χ2v) is 24.5. The summed E-state index contributed by atoms with van der Waals surface area (Å²) in [5.74, 6) is -0.851. The van der Waals surface area contributed by atoms with Gasteiger partial charge in [0.1, 0.15) is 6.61 Å². The predicted molar refractivity (Wildman–Crippen MR) is 376 cm³/mol. The van der Waals surface area contributed by atoms with E-state index in [0.717, 1.165) is 122 Å². The second kappa shape index (κ2) is 71.0. The van der Waals surface area contributed by atoms with Crippen molar-refractivity contribution in [2.75, 3.05) is 26.4 Å². The van der Waals surface area contributed by atoms with Crippen molar-refractivity contribution in [3.05, 3.63) is 146 Å². The molecule has 0 amide bonds. The standard InChI is InChI=1S/C77H130NO8P/c1-3-5-7-9-11-13-15-17-19-21-23-25-27-29-31-33-35-37-39-41-43-45-47-49-51-53-55-57-59-61-63-65-67-69-76(79)83-73-75(74-85-87(81,82)84-72-71-78)86-77(80)70-68-66-64-62-60-58-56-54-52-50-48-46-44-42-40-38-36-34-32-30-28-26-24-22-20-18-16-14-12-10-8-6-4-2/h6,8,12,14-15,17-18,20-21,23-24,26-27,29-30,32,36,38,42,44,48,50,54,56,75H,3-5,7,9-11,13,16,19,22,25,28,31,33-35,37,39-41,43,45-47,49,51-53,55,57-74,78H2,1-2H3,(H,81,82)/b8-6-,14-12-,17-15-,20-18-,23-21-,26-24-,29-27-,32-30-,38-36-,44-42-,50-48-,56-54-.